The van der Waals surface area contributed by atoms with Gasteiger partial charge in [-0.15, -0.1) is 0 Å². The monoisotopic (exact) mass is 367 g/mol. The molecular weight excluding hydrogens is 358 g/mol. The molecule has 21 heavy (non-hydrogen) atoms. The zero-order valence-electron chi connectivity index (χ0n) is 10.8. The van der Waals surface area contributed by atoms with Gasteiger partial charge in [0.25, 0.3) is 5.91 Å². The van der Waals surface area contributed by atoms with E-state index in [0.29, 0.717) is 28.3 Å². The van der Waals surface area contributed by atoms with Crippen molar-refractivity contribution < 1.29 is 14.3 Å². The molecule has 6 heteroatoms. The van der Waals surface area contributed by atoms with Crippen LogP contribution in [0, 0.1) is 0 Å². The van der Waals surface area contributed by atoms with E-state index < -0.39 is 0 Å². The molecule has 0 spiro atoms. The predicted molar refractivity (Wildman–Crippen MR) is 85.1 cm³/mol. The number of anilines is 1. The summed E-state index contributed by atoms with van der Waals surface area (Å²) in [5, 5.41) is 3.08. The first kappa shape index (κ1) is 15.5. The molecule has 0 aliphatic carbocycles. The summed E-state index contributed by atoms with van der Waals surface area (Å²) in [6.07, 6.45) is 0.673. The summed E-state index contributed by atoms with van der Waals surface area (Å²) in [6, 6.07) is 11.9. The van der Waals surface area contributed by atoms with Crippen LogP contribution in [0.3, 0.4) is 0 Å². The maximum Gasteiger partial charge on any atom is 0.262 e. The molecule has 108 valence electrons. The zero-order valence-corrected chi connectivity index (χ0v) is 13.1. The molecule has 1 amide bonds. The van der Waals surface area contributed by atoms with Gasteiger partial charge in [-0.05, 0) is 30.3 Å². The van der Waals surface area contributed by atoms with Crippen molar-refractivity contribution in [2.24, 2.45) is 0 Å². The lowest BCUT2D eigenvalue weighted by Crippen LogP contribution is -2.20. The van der Waals surface area contributed by atoms with Crippen molar-refractivity contribution in [2.75, 3.05) is 11.9 Å². The summed E-state index contributed by atoms with van der Waals surface area (Å²) in [5.74, 6) is -0.00891. The summed E-state index contributed by atoms with van der Waals surface area (Å²) >= 11 is 9.20. The molecule has 0 unspecified atom stereocenters. The molecule has 0 heterocycles. The maximum absolute atomic E-state index is 11.8. The van der Waals surface area contributed by atoms with Crippen LogP contribution in [0.15, 0.2) is 46.9 Å². The van der Waals surface area contributed by atoms with Gasteiger partial charge in [-0.1, -0.05) is 39.7 Å². The molecule has 2 aromatic carbocycles. The third-order valence-corrected chi connectivity index (χ3v) is 3.43. The van der Waals surface area contributed by atoms with Crippen LogP contribution in [0.1, 0.15) is 10.4 Å². The van der Waals surface area contributed by atoms with Crippen molar-refractivity contribution in [3.05, 3.63) is 57.5 Å². The van der Waals surface area contributed by atoms with E-state index in [0.717, 1.165) is 4.47 Å². The molecule has 0 fully saturated rings. The van der Waals surface area contributed by atoms with Crippen molar-refractivity contribution in [3.63, 3.8) is 0 Å². The minimum Gasteiger partial charge on any atom is -0.483 e. The Balaban J connectivity index is 1.99. The number of halogens is 2. The van der Waals surface area contributed by atoms with Gasteiger partial charge in [0, 0.05) is 4.47 Å². The largest absolute Gasteiger partial charge is 0.483 e. The second kappa shape index (κ2) is 7.24. The van der Waals surface area contributed by atoms with Crippen LogP contribution in [0.5, 0.6) is 5.75 Å². The average Bonchev–Trinajstić information content (AvgIpc) is 2.48. The van der Waals surface area contributed by atoms with Crippen LogP contribution in [0.2, 0.25) is 5.02 Å². The number of hydrogen-bond acceptors (Lipinski definition) is 3. The number of nitrogens with one attached hydrogen (secondary N) is 1. The summed E-state index contributed by atoms with van der Waals surface area (Å²) < 4.78 is 6.11. The fourth-order valence-corrected chi connectivity index (χ4v) is 2.20. The lowest BCUT2D eigenvalue weighted by molar-refractivity contribution is -0.118. The van der Waals surface area contributed by atoms with E-state index in [1.165, 1.54) is 0 Å². The Morgan fingerprint density at radius 1 is 1.29 bits per heavy atom. The molecule has 0 aliphatic heterocycles. The number of aldehydes is 1. The van der Waals surface area contributed by atoms with Crippen LogP contribution >= 0.6 is 27.5 Å². The van der Waals surface area contributed by atoms with E-state index >= 15 is 0 Å². The molecule has 1 N–H and O–H groups in total. The van der Waals surface area contributed by atoms with Gasteiger partial charge < -0.3 is 10.1 Å². The SMILES string of the molecule is O=Cc1cc(Br)ccc1OCC(=O)Nc1ccccc1Cl. The number of ether oxygens (including phenoxy) is 1. The van der Waals surface area contributed by atoms with Crippen LogP contribution in [-0.4, -0.2) is 18.8 Å². The Kier molecular flexibility index (Phi) is 5.36. The lowest BCUT2D eigenvalue weighted by Gasteiger charge is -2.10. The summed E-state index contributed by atoms with van der Waals surface area (Å²) in [7, 11) is 0. The molecule has 2 aromatic rings. The highest BCUT2D eigenvalue weighted by Crippen LogP contribution is 2.22. The summed E-state index contributed by atoms with van der Waals surface area (Å²) in [4.78, 5) is 22.8. The number of hydrogen-bond donors (Lipinski definition) is 1. The van der Waals surface area contributed by atoms with Crippen molar-refractivity contribution in [3.8, 4) is 5.75 Å². The molecule has 2 rings (SSSR count). The van der Waals surface area contributed by atoms with E-state index in [-0.39, 0.29) is 12.5 Å². The smallest absolute Gasteiger partial charge is 0.262 e. The van der Waals surface area contributed by atoms with Crippen LogP contribution in [0.25, 0.3) is 0 Å². The first-order valence-electron chi connectivity index (χ1n) is 6.02. The Hall–Kier alpha value is -1.85. The second-order valence-corrected chi connectivity index (χ2v) is 5.44. The van der Waals surface area contributed by atoms with Gasteiger partial charge in [-0.3, -0.25) is 9.59 Å². The van der Waals surface area contributed by atoms with Crippen molar-refractivity contribution in [2.45, 2.75) is 0 Å². The highest BCUT2D eigenvalue weighted by molar-refractivity contribution is 9.10. The van der Waals surface area contributed by atoms with Crippen LogP contribution < -0.4 is 10.1 Å². The first-order valence-corrected chi connectivity index (χ1v) is 7.19. The van der Waals surface area contributed by atoms with Gasteiger partial charge in [0.15, 0.2) is 12.9 Å². The average molecular weight is 369 g/mol. The fourth-order valence-electron chi connectivity index (χ4n) is 1.64. The topological polar surface area (TPSA) is 55.4 Å². The third-order valence-electron chi connectivity index (χ3n) is 2.61. The van der Waals surface area contributed by atoms with Crippen LogP contribution in [0.4, 0.5) is 5.69 Å². The molecule has 0 bridgehead atoms. The standard InChI is InChI=1S/C15H11BrClNO3/c16-11-5-6-14(10(7-11)8-19)21-9-15(20)18-13-4-2-1-3-12(13)17/h1-8H,9H2,(H,18,20). The van der Waals surface area contributed by atoms with Crippen molar-refractivity contribution in [1.29, 1.82) is 0 Å². The number of benzene rings is 2. The Morgan fingerprint density at radius 3 is 2.76 bits per heavy atom. The normalized spacial score (nSPS) is 10.0. The van der Waals surface area contributed by atoms with Gasteiger partial charge in [-0.25, -0.2) is 0 Å². The number of carbonyl (C=O) groups excluding carboxylic acids is 2. The minimum absolute atomic E-state index is 0.215. The molecule has 0 aromatic heterocycles. The highest BCUT2D eigenvalue weighted by atomic mass is 79.9. The minimum atomic E-state index is -0.358. The van der Waals surface area contributed by atoms with E-state index in [1.54, 1.807) is 42.5 Å². The lowest BCUT2D eigenvalue weighted by atomic mass is 10.2. The first-order chi connectivity index (χ1) is 10.1. The molecular formula is C15H11BrClNO3. The number of para-hydroxylation sites is 1. The summed E-state index contributed by atoms with van der Waals surface area (Å²) in [6.45, 7) is -0.215. The predicted octanol–water partition coefficient (Wildman–Crippen LogP) is 3.93. The van der Waals surface area contributed by atoms with Crippen LogP contribution in [-0.2, 0) is 4.79 Å². The van der Waals surface area contributed by atoms with Gasteiger partial charge in [0.1, 0.15) is 5.75 Å². The zero-order chi connectivity index (χ0) is 15.2. The van der Waals surface area contributed by atoms with Crippen molar-refractivity contribution >= 4 is 45.4 Å². The Labute approximate surface area is 135 Å². The van der Waals surface area contributed by atoms with Crippen molar-refractivity contribution in [1.82, 2.24) is 0 Å². The molecule has 4 nitrogen and oxygen atoms in total. The number of rotatable bonds is 5. The molecule has 0 saturated carbocycles. The molecule has 0 atom stereocenters. The van der Waals surface area contributed by atoms with E-state index in [4.69, 9.17) is 16.3 Å². The molecule has 0 aliphatic rings. The van der Waals surface area contributed by atoms with Gasteiger partial charge in [0.05, 0.1) is 16.3 Å². The van der Waals surface area contributed by atoms with E-state index in [2.05, 4.69) is 21.2 Å². The molecule has 0 saturated heterocycles. The second-order valence-electron chi connectivity index (χ2n) is 4.12. The Morgan fingerprint density at radius 2 is 2.05 bits per heavy atom. The number of carbonyl (C=O) groups is 2. The fraction of sp³-hybridized carbons (Fsp3) is 0.0667. The Bertz CT molecular complexity index is 676. The summed E-state index contributed by atoms with van der Waals surface area (Å²) in [5.41, 5.74) is 0.883. The molecule has 0 radical (unpaired) electrons. The van der Waals surface area contributed by atoms with Gasteiger partial charge >= 0.3 is 0 Å². The highest BCUT2D eigenvalue weighted by Gasteiger charge is 2.09. The maximum atomic E-state index is 11.8. The van der Waals surface area contributed by atoms with E-state index in [9.17, 15) is 9.59 Å². The third kappa shape index (κ3) is 4.31. The van der Waals surface area contributed by atoms with E-state index in [1.807, 2.05) is 0 Å². The quantitative estimate of drug-likeness (QED) is 0.814. The van der Waals surface area contributed by atoms with Gasteiger partial charge in [-0.2, -0.15) is 0 Å². The number of amides is 1. The van der Waals surface area contributed by atoms with Gasteiger partial charge in [0.2, 0.25) is 0 Å².